The summed E-state index contributed by atoms with van der Waals surface area (Å²) in [4.78, 5) is 12.6. The molecule has 1 heterocycles. The quantitative estimate of drug-likeness (QED) is 0.864. The van der Waals surface area contributed by atoms with E-state index in [-0.39, 0.29) is 6.61 Å². The maximum Gasteiger partial charge on any atom is 0.322 e. The van der Waals surface area contributed by atoms with E-state index in [1.165, 1.54) is 11.8 Å². The number of carbonyl (C=O) groups excluding carboxylic acids is 1. The maximum atomic E-state index is 12.6. The van der Waals surface area contributed by atoms with Gasteiger partial charge in [0.2, 0.25) is 0 Å². The molecule has 126 valence electrons. The van der Waals surface area contributed by atoms with Crippen LogP contribution >= 0.6 is 11.8 Å². The van der Waals surface area contributed by atoms with E-state index in [4.69, 9.17) is 9.47 Å². The Balaban J connectivity index is 2.22. The molecular weight excluding hydrogens is 324 g/mol. The molecule has 1 aliphatic heterocycles. The normalized spacial score (nSPS) is 22.5. The summed E-state index contributed by atoms with van der Waals surface area (Å²) in [5, 5.41) is 11.0. The van der Waals surface area contributed by atoms with E-state index >= 15 is 0 Å². The Morgan fingerprint density at radius 2 is 1.88 bits per heavy atom. The lowest BCUT2D eigenvalue weighted by Gasteiger charge is -2.40. The number of aliphatic hydroxyl groups is 1. The first-order valence-electron chi connectivity index (χ1n) is 7.85. The van der Waals surface area contributed by atoms with Crippen LogP contribution in [0.15, 0.2) is 48.5 Å². The van der Waals surface area contributed by atoms with Crippen molar-refractivity contribution in [3.63, 3.8) is 0 Å². The summed E-state index contributed by atoms with van der Waals surface area (Å²) >= 11 is 1.39. The average Bonchev–Trinajstić information content (AvgIpc) is 2.62. The molecule has 24 heavy (non-hydrogen) atoms. The molecule has 1 N–H and O–H groups in total. The number of ether oxygens (including phenoxy) is 2. The van der Waals surface area contributed by atoms with Gasteiger partial charge in [0.1, 0.15) is 16.6 Å². The number of benzene rings is 2. The summed E-state index contributed by atoms with van der Waals surface area (Å²) in [7, 11) is 1.56. The third kappa shape index (κ3) is 2.68. The summed E-state index contributed by atoms with van der Waals surface area (Å²) < 4.78 is 10.7. The van der Waals surface area contributed by atoms with Gasteiger partial charge in [-0.15, -0.1) is 11.8 Å². The average molecular weight is 344 g/mol. The highest BCUT2D eigenvalue weighted by molar-refractivity contribution is 8.00. The number of rotatable bonds is 4. The summed E-state index contributed by atoms with van der Waals surface area (Å²) in [6.45, 7) is 2.04. The molecule has 0 saturated carbocycles. The molecule has 0 saturated heterocycles. The van der Waals surface area contributed by atoms with Crippen molar-refractivity contribution in [3.8, 4) is 5.75 Å². The zero-order valence-corrected chi connectivity index (χ0v) is 14.5. The number of esters is 1. The summed E-state index contributed by atoms with van der Waals surface area (Å²) in [5.41, 5.74) is 0.811. The third-order valence-electron chi connectivity index (χ3n) is 4.23. The molecule has 0 fully saturated rings. The molecule has 2 atom stereocenters. The van der Waals surface area contributed by atoms with Gasteiger partial charge in [-0.25, -0.2) is 0 Å². The second-order valence-corrected chi connectivity index (χ2v) is 6.66. The van der Waals surface area contributed by atoms with Gasteiger partial charge in [0.25, 0.3) is 0 Å². The minimum Gasteiger partial charge on any atom is -0.496 e. The van der Waals surface area contributed by atoms with Gasteiger partial charge in [0.15, 0.2) is 0 Å². The van der Waals surface area contributed by atoms with E-state index in [1.54, 1.807) is 26.2 Å². The number of carbonyl (C=O) groups is 1. The topological polar surface area (TPSA) is 55.8 Å². The molecule has 5 heteroatoms. The predicted molar refractivity (Wildman–Crippen MR) is 94.2 cm³/mol. The van der Waals surface area contributed by atoms with Crippen LogP contribution in [0.3, 0.4) is 0 Å². The Kier molecular flexibility index (Phi) is 4.83. The van der Waals surface area contributed by atoms with Crippen LogP contribution in [0.4, 0.5) is 0 Å². The molecule has 2 unspecified atom stereocenters. The fraction of sp³-hybridized carbons (Fsp3) is 0.316. The number of hydrogen-bond acceptors (Lipinski definition) is 5. The van der Waals surface area contributed by atoms with Crippen LogP contribution in [0.1, 0.15) is 23.6 Å². The number of thioether (sulfide) groups is 1. The van der Waals surface area contributed by atoms with Crippen molar-refractivity contribution >= 4 is 17.7 Å². The Labute approximate surface area is 145 Å². The standard InChI is InChI=1S/C19H20O4S/c1-3-23-18(20)17-19(21,15-10-6-7-11-16(15)22-2)14-9-5-4-8-13(14)12-24-17/h4-11,17,21H,3,12H2,1-2H3. The molecule has 0 spiro atoms. The van der Waals surface area contributed by atoms with Gasteiger partial charge in [-0.2, -0.15) is 0 Å². The van der Waals surface area contributed by atoms with Crippen LogP contribution in [0.2, 0.25) is 0 Å². The molecule has 0 aliphatic carbocycles. The van der Waals surface area contributed by atoms with E-state index in [2.05, 4.69) is 0 Å². The maximum absolute atomic E-state index is 12.6. The molecule has 1 aliphatic rings. The molecule has 0 amide bonds. The van der Waals surface area contributed by atoms with Gasteiger partial charge >= 0.3 is 5.97 Å². The lowest BCUT2D eigenvalue weighted by atomic mass is 9.80. The summed E-state index contributed by atoms with van der Waals surface area (Å²) in [6, 6.07) is 14.9. The molecule has 0 bridgehead atoms. The number of fused-ring (bicyclic) bond motifs is 1. The largest absolute Gasteiger partial charge is 0.496 e. The van der Waals surface area contributed by atoms with E-state index in [0.29, 0.717) is 17.1 Å². The molecule has 3 rings (SSSR count). The number of methoxy groups -OCH3 is 1. The molecule has 4 nitrogen and oxygen atoms in total. The highest BCUT2D eigenvalue weighted by Crippen LogP contribution is 2.48. The minimum atomic E-state index is -1.50. The summed E-state index contributed by atoms with van der Waals surface area (Å²) in [6.07, 6.45) is 0. The van der Waals surface area contributed by atoms with Crippen LogP contribution in [0.25, 0.3) is 0 Å². The van der Waals surface area contributed by atoms with Crippen molar-refractivity contribution < 1.29 is 19.4 Å². The van der Waals surface area contributed by atoms with Gasteiger partial charge in [0.05, 0.1) is 13.7 Å². The molecule has 0 radical (unpaired) electrons. The van der Waals surface area contributed by atoms with Crippen molar-refractivity contribution in [2.24, 2.45) is 0 Å². The van der Waals surface area contributed by atoms with Crippen molar-refractivity contribution in [2.75, 3.05) is 13.7 Å². The van der Waals surface area contributed by atoms with Crippen molar-refractivity contribution in [3.05, 3.63) is 65.2 Å². The van der Waals surface area contributed by atoms with Crippen LogP contribution in [0.5, 0.6) is 5.75 Å². The first kappa shape index (κ1) is 16.9. The van der Waals surface area contributed by atoms with Crippen molar-refractivity contribution in [1.82, 2.24) is 0 Å². The molecule has 2 aromatic carbocycles. The van der Waals surface area contributed by atoms with Gasteiger partial charge in [-0.1, -0.05) is 42.5 Å². The zero-order valence-electron chi connectivity index (χ0n) is 13.7. The Morgan fingerprint density at radius 3 is 2.58 bits per heavy atom. The highest BCUT2D eigenvalue weighted by Gasteiger charge is 2.50. The van der Waals surface area contributed by atoms with E-state index in [9.17, 15) is 9.90 Å². The van der Waals surface area contributed by atoms with Crippen LogP contribution in [-0.2, 0) is 20.9 Å². The van der Waals surface area contributed by atoms with Gasteiger partial charge in [0, 0.05) is 11.3 Å². The third-order valence-corrected chi connectivity index (χ3v) is 5.58. The smallest absolute Gasteiger partial charge is 0.322 e. The first-order valence-corrected chi connectivity index (χ1v) is 8.90. The van der Waals surface area contributed by atoms with Crippen LogP contribution in [-0.4, -0.2) is 30.0 Å². The number of para-hydroxylation sites is 1. The lowest BCUT2D eigenvalue weighted by molar-refractivity contribution is -0.146. The highest BCUT2D eigenvalue weighted by atomic mass is 32.2. The molecule has 0 aromatic heterocycles. The van der Waals surface area contributed by atoms with E-state index in [1.807, 2.05) is 36.4 Å². The Hall–Kier alpha value is -1.98. The van der Waals surface area contributed by atoms with E-state index < -0.39 is 16.8 Å². The van der Waals surface area contributed by atoms with Gasteiger partial charge in [-0.05, 0) is 24.1 Å². The predicted octanol–water partition coefficient (Wildman–Crippen LogP) is 3.11. The Morgan fingerprint density at radius 1 is 1.21 bits per heavy atom. The van der Waals surface area contributed by atoms with Crippen LogP contribution in [0, 0.1) is 0 Å². The van der Waals surface area contributed by atoms with Gasteiger partial charge in [-0.3, -0.25) is 4.79 Å². The SMILES string of the molecule is CCOC(=O)C1SCc2ccccc2C1(O)c1ccccc1OC. The fourth-order valence-electron chi connectivity index (χ4n) is 3.16. The van der Waals surface area contributed by atoms with Crippen molar-refractivity contribution in [1.29, 1.82) is 0 Å². The van der Waals surface area contributed by atoms with E-state index in [0.717, 1.165) is 11.1 Å². The first-order chi connectivity index (χ1) is 11.6. The Bertz CT molecular complexity index is 746. The fourth-order valence-corrected chi connectivity index (χ4v) is 4.45. The second kappa shape index (κ2) is 6.87. The summed E-state index contributed by atoms with van der Waals surface area (Å²) in [5.74, 6) is 0.786. The van der Waals surface area contributed by atoms with Gasteiger partial charge < -0.3 is 14.6 Å². The monoisotopic (exact) mass is 344 g/mol. The zero-order chi connectivity index (χ0) is 17.2. The van der Waals surface area contributed by atoms with Crippen LogP contribution < -0.4 is 4.74 Å². The van der Waals surface area contributed by atoms with Crippen molar-refractivity contribution in [2.45, 2.75) is 23.5 Å². The molecular formula is C19H20O4S. The molecule has 2 aromatic rings. The lowest BCUT2D eigenvalue weighted by Crippen LogP contribution is -2.47. The number of hydrogen-bond donors (Lipinski definition) is 1. The second-order valence-electron chi connectivity index (χ2n) is 5.57. The minimum absolute atomic E-state index is 0.277.